The van der Waals surface area contributed by atoms with Crippen LogP contribution in [0.3, 0.4) is 0 Å². The molecule has 0 radical (unpaired) electrons. The average Bonchev–Trinajstić information content (AvgIpc) is 2.76. The first-order chi connectivity index (χ1) is 13.9. The summed E-state index contributed by atoms with van der Waals surface area (Å²) in [5.74, 6) is -0.151. The molecule has 2 aromatic rings. The molecule has 0 amide bonds. The third-order valence-corrected chi connectivity index (χ3v) is 3.85. The van der Waals surface area contributed by atoms with Gasteiger partial charge in [0.05, 0.1) is 5.69 Å². The van der Waals surface area contributed by atoms with E-state index < -0.39 is 0 Å². The minimum atomic E-state index is -0.151. The lowest BCUT2D eigenvalue weighted by molar-refractivity contribution is 0.620. The Labute approximate surface area is 181 Å². The molecule has 29 heavy (non-hydrogen) atoms. The van der Waals surface area contributed by atoms with Gasteiger partial charge in [-0.05, 0) is 62.9 Å². The fraction of sp³-hybridized carbons (Fsp3) is 0.519. The van der Waals surface area contributed by atoms with Crippen LogP contribution in [-0.4, -0.2) is 4.98 Å². The van der Waals surface area contributed by atoms with Crippen LogP contribution in [0.4, 0.5) is 4.39 Å². The second kappa shape index (κ2) is 19.4. The van der Waals surface area contributed by atoms with Gasteiger partial charge >= 0.3 is 0 Å². The average molecular weight is 404 g/mol. The Kier molecular flexibility index (Phi) is 21.2. The van der Waals surface area contributed by atoms with Crippen molar-refractivity contribution in [2.24, 2.45) is 0 Å². The maximum Gasteiger partial charge on any atom is 0.134 e. The number of hydrogen-bond acceptors (Lipinski definition) is 1. The highest BCUT2D eigenvalue weighted by atomic mass is 19.1. The van der Waals surface area contributed by atoms with Gasteiger partial charge in [-0.3, -0.25) is 4.98 Å². The van der Waals surface area contributed by atoms with E-state index in [9.17, 15) is 4.39 Å². The van der Waals surface area contributed by atoms with Gasteiger partial charge in [0.25, 0.3) is 0 Å². The van der Waals surface area contributed by atoms with Crippen molar-refractivity contribution in [3.63, 3.8) is 0 Å². The van der Waals surface area contributed by atoms with E-state index in [4.69, 9.17) is 0 Å². The highest BCUT2D eigenvalue weighted by Crippen LogP contribution is 2.28. The van der Waals surface area contributed by atoms with E-state index in [1.54, 1.807) is 6.20 Å². The molecule has 0 saturated heterocycles. The van der Waals surface area contributed by atoms with Crippen molar-refractivity contribution in [2.75, 3.05) is 0 Å². The summed E-state index contributed by atoms with van der Waals surface area (Å²) in [4.78, 5) is 4.48. The summed E-state index contributed by atoms with van der Waals surface area (Å²) in [6, 6.07) is 5.78. The number of rotatable bonds is 2. The number of pyridine rings is 1. The van der Waals surface area contributed by atoms with Gasteiger partial charge in [0.2, 0.25) is 0 Å². The van der Waals surface area contributed by atoms with Crippen LogP contribution in [-0.2, 0) is 0 Å². The fourth-order valence-corrected chi connectivity index (χ4v) is 2.28. The fourth-order valence-electron chi connectivity index (χ4n) is 2.28. The van der Waals surface area contributed by atoms with E-state index in [1.807, 2.05) is 100 Å². The van der Waals surface area contributed by atoms with Crippen molar-refractivity contribution >= 4 is 5.57 Å². The molecule has 1 aromatic carbocycles. The number of nitrogens with zero attached hydrogens (tertiary/aromatic N) is 1. The molecule has 0 aliphatic carbocycles. The van der Waals surface area contributed by atoms with Crippen molar-refractivity contribution in [1.29, 1.82) is 0 Å². The van der Waals surface area contributed by atoms with Crippen molar-refractivity contribution in [2.45, 2.75) is 96.4 Å². The monoisotopic (exact) mass is 403 g/mol. The molecule has 1 aromatic heterocycles. The van der Waals surface area contributed by atoms with Crippen LogP contribution in [0.15, 0.2) is 30.5 Å². The summed E-state index contributed by atoms with van der Waals surface area (Å²) in [5, 5.41) is 0. The Bertz CT molecular complexity index is 700. The molecule has 2 rings (SSSR count). The summed E-state index contributed by atoms with van der Waals surface area (Å²) in [6.07, 6.45) is 5.04. The quantitative estimate of drug-likeness (QED) is 0.486. The second-order valence-electron chi connectivity index (χ2n) is 5.94. The van der Waals surface area contributed by atoms with Gasteiger partial charge in [-0.1, -0.05) is 80.0 Å². The van der Waals surface area contributed by atoms with Gasteiger partial charge < -0.3 is 0 Å². The Balaban J connectivity index is -0.000000656. The zero-order valence-corrected chi connectivity index (χ0v) is 21.4. The van der Waals surface area contributed by atoms with E-state index in [0.717, 1.165) is 28.0 Å². The summed E-state index contributed by atoms with van der Waals surface area (Å²) < 4.78 is 14.4. The molecule has 2 heteroatoms. The van der Waals surface area contributed by atoms with Crippen molar-refractivity contribution in [3.05, 3.63) is 58.7 Å². The third kappa shape index (κ3) is 10.4. The van der Waals surface area contributed by atoms with Gasteiger partial charge in [-0.25, -0.2) is 4.39 Å². The van der Waals surface area contributed by atoms with Gasteiger partial charge in [0.1, 0.15) is 5.82 Å². The van der Waals surface area contributed by atoms with E-state index in [1.165, 1.54) is 6.42 Å². The summed E-state index contributed by atoms with van der Waals surface area (Å²) in [6.45, 7) is 26.0. The van der Waals surface area contributed by atoms with Crippen molar-refractivity contribution < 1.29 is 4.39 Å². The molecule has 0 unspecified atom stereocenters. The molecule has 0 bridgehead atoms. The van der Waals surface area contributed by atoms with Gasteiger partial charge in [-0.2, -0.15) is 0 Å². The second-order valence-corrected chi connectivity index (χ2v) is 5.94. The lowest BCUT2D eigenvalue weighted by atomic mass is 9.98. The van der Waals surface area contributed by atoms with Crippen LogP contribution >= 0.6 is 0 Å². The van der Waals surface area contributed by atoms with Crippen LogP contribution in [0, 0.1) is 26.6 Å². The lowest BCUT2D eigenvalue weighted by Crippen LogP contribution is -1.96. The largest absolute Gasteiger partial charge is 0.256 e. The predicted molar refractivity (Wildman–Crippen MR) is 133 cm³/mol. The number of hydrogen-bond donors (Lipinski definition) is 0. The number of benzene rings is 1. The minimum Gasteiger partial charge on any atom is -0.256 e. The Morgan fingerprint density at radius 1 is 0.931 bits per heavy atom. The predicted octanol–water partition coefficient (Wildman–Crippen LogP) is 9.73. The molecule has 0 aliphatic heterocycles. The number of allylic oxidation sites excluding steroid dienone is 2. The molecular weight excluding hydrogens is 357 g/mol. The summed E-state index contributed by atoms with van der Waals surface area (Å²) >= 11 is 0. The zero-order valence-electron chi connectivity index (χ0n) is 21.4. The number of aromatic nitrogens is 1. The van der Waals surface area contributed by atoms with Crippen molar-refractivity contribution in [1.82, 2.24) is 4.98 Å². The topological polar surface area (TPSA) is 12.9 Å². The SMILES string of the molecule is C/C=C(/C)c1ncc(-c2ccc(C)c(C)c2F)cc1C.CC.CC.CC.CCC. The molecule has 0 spiro atoms. The summed E-state index contributed by atoms with van der Waals surface area (Å²) in [7, 11) is 0. The van der Waals surface area contributed by atoms with E-state index in [-0.39, 0.29) is 5.82 Å². The van der Waals surface area contributed by atoms with Crippen LogP contribution in [0.5, 0.6) is 0 Å². The molecule has 0 saturated carbocycles. The van der Waals surface area contributed by atoms with E-state index in [2.05, 4.69) is 18.8 Å². The molecule has 0 aliphatic rings. The maximum atomic E-state index is 14.4. The molecule has 0 atom stereocenters. The maximum absolute atomic E-state index is 14.4. The van der Waals surface area contributed by atoms with Gasteiger partial charge in [0, 0.05) is 17.3 Å². The summed E-state index contributed by atoms with van der Waals surface area (Å²) in [5.41, 5.74) is 6.29. The first-order valence-corrected chi connectivity index (χ1v) is 11.2. The Morgan fingerprint density at radius 2 is 1.41 bits per heavy atom. The van der Waals surface area contributed by atoms with Gasteiger partial charge in [-0.15, -0.1) is 0 Å². The molecular formula is C27H46FN. The highest BCUT2D eigenvalue weighted by Gasteiger charge is 2.11. The number of halogens is 1. The van der Waals surface area contributed by atoms with Crippen molar-refractivity contribution in [3.8, 4) is 11.1 Å². The molecule has 166 valence electrons. The Hall–Kier alpha value is -1.96. The minimum absolute atomic E-state index is 0.151. The Morgan fingerprint density at radius 3 is 1.83 bits per heavy atom. The van der Waals surface area contributed by atoms with Crippen LogP contribution in [0.2, 0.25) is 0 Å². The lowest BCUT2D eigenvalue weighted by Gasteiger charge is -2.11. The van der Waals surface area contributed by atoms with E-state index >= 15 is 0 Å². The smallest absolute Gasteiger partial charge is 0.134 e. The van der Waals surface area contributed by atoms with Crippen LogP contribution < -0.4 is 0 Å². The number of aryl methyl sites for hydroxylation is 2. The van der Waals surface area contributed by atoms with E-state index in [0.29, 0.717) is 11.1 Å². The standard InChI is InChI=1S/C18H20FN.C3H8.3C2H6/c1-6-11(2)18-13(4)9-15(10-20-18)16-8-7-12(3)14(5)17(16)19;1-3-2;3*1-2/h6-10H,1-5H3;3H2,1-2H3;3*1-2H3/b11-6-;;;;. The third-order valence-electron chi connectivity index (χ3n) is 3.85. The molecule has 0 fully saturated rings. The highest BCUT2D eigenvalue weighted by molar-refractivity contribution is 5.70. The van der Waals surface area contributed by atoms with Gasteiger partial charge in [0.15, 0.2) is 0 Å². The van der Waals surface area contributed by atoms with Crippen LogP contribution in [0.1, 0.15) is 98.0 Å². The zero-order chi connectivity index (χ0) is 23.6. The van der Waals surface area contributed by atoms with Crippen LogP contribution in [0.25, 0.3) is 16.7 Å². The molecule has 1 nitrogen and oxygen atoms in total. The first kappa shape index (κ1) is 31.7. The molecule has 1 heterocycles. The normalized spacial score (nSPS) is 9.38. The first-order valence-electron chi connectivity index (χ1n) is 11.2. The molecule has 0 N–H and O–H groups in total.